The number of hydrogen-bond acceptors (Lipinski definition) is 6. The van der Waals surface area contributed by atoms with Crippen molar-refractivity contribution in [1.29, 1.82) is 0 Å². The maximum atomic E-state index is 12.8. The Bertz CT molecular complexity index is 993. The Labute approximate surface area is 155 Å². The van der Waals surface area contributed by atoms with Gasteiger partial charge >= 0.3 is 0 Å². The van der Waals surface area contributed by atoms with E-state index >= 15 is 0 Å². The third kappa shape index (κ3) is 3.80. The van der Waals surface area contributed by atoms with Gasteiger partial charge < -0.3 is 0 Å². The second-order valence-electron chi connectivity index (χ2n) is 6.48. The molecule has 8 heteroatoms. The molecule has 3 aromatic rings. The van der Waals surface area contributed by atoms with Crippen molar-refractivity contribution in [3.8, 4) is 0 Å². The van der Waals surface area contributed by atoms with Crippen molar-refractivity contribution in [3.05, 3.63) is 45.3 Å². The van der Waals surface area contributed by atoms with E-state index in [0.29, 0.717) is 28.4 Å². The Morgan fingerprint density at radius 2 is 1.96 bits per heavy atom. The fourth-order valence-corrected chi connectivity index (χ4v) is 3.61. The quantitative estimate of drug-likeness (QED) is 0.719. The normalized spacial score (nSPS) is 11.2. The van der Waals surface area contributed by atoms with Crippen LogP contribution >= 0.6 is 11.3 Å². The van der Waals surface area contributed by atoms with Crippen molar-refractivity contribution in [3.63, 3.8) is 0 Å². The van der Waals surface area contributed by atoms with Gasteiger partial charge in [-0.2, -0.15) is 5.10 Å². The van der Waals surface area contributed by atoms with E-state index in [1.54, 1.807) is 24.3 Å². The summed E-state index contributed by atoms with van der Waals surface area (Å²) in [5.74, 6) is 0.0769. The summed E-state index contributed by atoms with van der Waals surface area (Å²) in [6.45, 7) is 6.63. The van der Waals surface area contributed by atoms with E-state index in [9.17, 15) is 9.59 Å². The Balaban J connectivity index is 1.96. The number of aromatic nitrogens is 4. The van der Waals surface area contributed by atoms with Crippen LogP contribution in [0.3, 0.4) is 0 Å². The van der Waals surface area contributed by atoms with Crippen LogP contribution in [0.5, 0.6) is 0 Å². The molecule has 0 aliphatic rings. The summed E-state index contributed by atoms with van der Waals surface area (Å²) in [6.07, 6.45) is 1.57. The lowest BCUT2D eigenvalue weighted by molar-refractivity contribution is 0.102. The van der Waals surface area contributed by atoms with Gasteiger partial charge in [-0.3, -0.25) is 14.9 Å². The molecule has 1 amide bonds. The first-order valence-corrected chi connectivity index (χ1v) is 9.44. The number of carbonyl (C=O) groups excluding carboxylic acids is 1. The molecule has 0 saturated carbocycles. The molecule has 0 radical (unpaired) electrons. The largest absolute Gasteiger partial charge is 0.295 e. The maximum Gasteiger partial charge on any atom is 0.278 e. The first-order valence-electron chi connectivity index (χ1n) is 8.63. The van der Waals surface area contributed by atoms with Gasteiger partial charge in [0.2, 0.25) is 5.13 Å². The van der Waals surface area contributed by atoms with Gasteiger partial charge in [0, 0.05) is 18.4 Å². The third-order valence-corrected chi connectivity index (χ3v) is 4.65. The highest BCUT2D eigenvalue weighted by Gasteiger charge is 2.18. The minimum absolute atomic E-state index is 0.186. The number of amides is 1. The number of fused-ring (bicyclic) bond motifs is 1. The number of anilines is 1. The van der Waals surface area contributed by atoms with Crippen LogP contribution in [0.1, 0.15) is 42.7 Å². The smallest absolute Gasteiger partial charge is 0.278 e. The minimum Gasteiger partial charge on any atom is -0.295 e. The average molecular weight is 371 g/mol. The van der Waals surface area contributed by atoms with E-state index in [1.165, 1.54) is 16.0 Å². The fraction of sp³-hybridized carbons (Fsp3) is 0.389. The molecule has 0 aliphatic heterocycles. The second kappa shape index (κ2) is 7.74. The van der Waals surface area contributed by atoms with Crippen molar-refractivity contribution >= 4 is 33.1 Å². The van der Waals surface area contributed by atoms with Gasteiger partial charge in [0.25, 0.3) is 11.5 Å². The van der Waals surface area contributed by atoms with Gasteiger partial charge in [0.05, 0.1) is 5.39 Å². The predicted octanol–water partition coefficient (Wildman–Crippen LogP) is 3.11. The lowest BCUT2D eigenvalue weighted by atomic mass is 10.1. The molecule has 1 aromatic carbocycles. The molecule has 0 aliphatic carbocycles. The Kier molecular flexibility index (Phi) is 5.41. The summed E-state index contributed by atoms with van der Waals surface area (Å²) in [4.78, 5) is 25.3. The first-order chi connectivity index (χ1) is 12.5. The minimum atomic E-state index is -0.390. The van der Waals surface area contributed by atoms with E-state index in [-0.39, 0.29) is 11.3 Å². The molecule has 0 unspecified atom stereocenters. The number of nitrogens with zero attached hydrogens (tertiary/aromatic N) is 4. The highest BCUT2D eigenvalue weighted by atomic mass is 32.1. The Morgan fingerprint density at radius 1 is 1.23 bits per heavy atom. The van der Waals surface area contributed by atoms with Crippen LogP contribution in [-0.4, -0.2) is 25.9 Å². The molecular weight excluding hydrogens is 350 g/mol. The lowest BCUT2D eigenvalue weighted by Crippen LogP contribution is -2.27. The van der Waals surface area contributed by atoms with Crippen LogP contribution in [0, 0.1) is 5.92 Å². The second-order valence-corrected chi connectivity index (χ2v) is 7.54. The van der Waals surface area contributed by atoms with Crippen LogP contribution < -0.4 is 10.9 Å². The van der Waals surface area contributed by atoms with E-state index in [1.807, 2.05) is 6.92 Å². The summed E-state index contributed by atoms with van der Waals surface area (Å²) in [5, 5.41) is 17.5. The number of benzene rings is 1. The zero-order valence-corrected chi connectivity index (χ0v) is 15.8. The standard InChI is InChI=1S/C18H21N5O2S/c1-4-9-23-17(25)13-8-6-5-7-12(13)15(22-23)16(24)19-18-21-20-14(26-18)10-11(2)3/h5-8,11H,4,9-10H2,1-3H3,(H,19,21,24). The van der Waals surface area contributed by atoms with Crippen LogP contribution in [0.2, 0.25) is 0 Å². The van der Waals surface area contributed by atoms with E-state index < -0.39 is 5.91 Å². The molecule has 136 valence electrons. The number of hydrogen-bond donors (Lipinski definition) is 1. The summed E-state index contributed by atoms with van der Waals surface area (Å²) in [5.41, 5.74) is 0.0309. The lowest BCUT2D eigenvalue weighted by Gasteiger charge is -2.09. The van der Waals surface area contributed by atoms with Crippen molar-refractivity contribution in [1.82, 2.24) is 20.0 Å². The molecule has 0 atom stereocenters. The molecule has 7 nitrogen and oxygen atoms in total. The van der Waals surface area contributed by atoms with Crippen molar-refractivity contribution < 1.29 is 4.79 Å². The third-order valence-electron chi connectivity index (χ3n) is 3.79. The molecule has 26 heavy (non-hydrogen) atoms. The molecule has 3 rings (SSSR count). The van der Waals surface area contributed by atoms with Crippen LogP contribution in [-0.2, 0) is 13.0 Å². The SMILES string of the molecule is CCCn1nc(C(=O)Nc2nnc(CC(C)C)s2)c2ccccc2c1=O. The van der Waals surface area contributed by atoms with Crippen molar-refractivity contribution in [2.45, 2.75) is 40.2 Å². The van der Waals surface area contributed by atoms with Crippen LogP contribution in [0.15, 0.2) is 29.1 Å². The highest BCUT2D eigenvalue weighted by molar-refractivity contribution is 7.15. The molecule has 2 heterocycles. The summed E-state index contributed by atoms with van der Waals surface area (Å²) < 4.78 is 1.35. The van der Waals surface area contributed by atoms with Crippen LogP contribution in [0.25, 0.3) is 10.8 Å². The average Bonchev–Trinajstić information content (AvgIpc) is 3.03. The van der Waals surface area contributed by atoms with Gasteiger partial charge in [-0.15, -0.1) is 10.2 Å². The first kappa shape index (κ1) is 18.2. The van der Waals surface area contributed by atoms with E-state index in [0.717, 1.165) is 17.8 Å². The monoisotopic (exact) mass is 371 g/mol. The number of aryl methyl sites for hydroxylation is 1. The zero-order chi connectivity index (χ0) is 18.7. The fourth-order valence-electron chi connectivity index (χ4n) is 2.66. The molecule has 1 N–H and O–H groups in total. The molecule has 0 bridgehead atoms. The number of nitrogens with one attached hydrogen (secondary N) is 1. The van der Waals surface area contributed by atoms with Crippen molar-refractivity contribution in [2.75, 3.05) is 5.32 Å². The molecule has 0 saturated heterocycles. The molecule has 2 aromatic heterocycles. The van der Waals surface area contributed by atoms with Gasteiger partial charge in [-0.05, 0) is 18.4 Å². The van der Waals surface area contributed by atoms with Crippen molar-refractivity contribution in [2.24, 2.45) is 5.92 Å². The summed E-state index contributed by atoms with van der Waals surface area (Å²) >= 11 is 1.36. The highest BCUT2D eigenvalue weighted by Crippen LogP contribution is 2.20. The van der Waals surface area contributed by atoms with Gasteiger partial charge in [0.15, 0.2) is 5.69 Å². The summed E-state index contributed by atoms with van der Waals surface area (Å²) in [7, 11) is 0. The summed E-state index contributed by atoms with van der Waals surface area (Å²) in [6, 6.07) is 7.02. The Morgan fingerprint density at radius 3 is 2.65 bits per heavy atom. The van der Waals surface area contributed by atoms with E-state index in [2.05, 4.69) is 34.5 Å². The number of carbonyl (C=O) groups is 1. The molecule has 0 fully saturated rings. The van der Waals surface area contributed by atoms with Gasteiger partial charge in [-0.1, -0.05) is 50.3 Å². The predicted molar refractivity (Wildman–Crippen MR) is 103 cm³/mol. The van der Waals surface area contributed by atoms with Crippen LogP contribution in [0.4, 0.5) is 5.13 Å². The van der Waals surface area contributed by atoms with E-state index in [4.69, 9.17) is 0 Å². The molecule has 0 spiro atoms. The zero-order valence-electron chi connectivity index (χ0n) is 15.0. The topological polar surface area (TPSA) is 89.8 Å². The van der Waals surface area contributed by atoms with Gasteiger partial charge in [0.1, 0.15) is 5.01 Å². The van der Waals surface area contributed by atoms with Gasteiger partial charge in [-0.25, -0.2) is 4.68 Å². The number of rotatable bonds is 6. The molecular formula is C18H21N5O2S. The maximum absolute atomic E-state index is 12.8. The Hall–Kier alpha value is -2.61.